The summed E-state index contributed by atoms with van der Waals surface area (Å²) in [7, 11) is 0. The Kier molecular flexibility index (Phi) is 3.53. The van der Waals surface area contributed by atoms with Gasteiger partial charge >= 0.3 is 5.97 Å². The van der Waals surface area contributed by atoms with E-state index in [1.54, 1.807) is 6.92 Å². The number of carbonyl (C=O) groups excluding carboxylic acids is 1. The Hall–Kier alpha value is -1.49. The molecule has 1 aromatic rings. The molecule has 14 heavy (non-hydrogen) atoms. The number of esters is 1. The Morgan fingerprint density at radius 2 is 2.43 bits per heavy atom. The molecule has 1 aromatic heterocycles. The second kappa shape index (κ2) is 4.66. The molecule has 0 amide bonds. The molecule has 1 heterocycles. The third kappa shape index (κ3) is 2.26. The lowest BCUT2D eigenvalue weighted by Gasteiger charge is -2.05. The highest BCUT2D eigenvalue weighted by molar-refractivity contribution is 5.90. The van der Waals surface area contributed by atoms with Crippen LogP contribution in [0.5, 0.6) is 0 Å². The number of nitrogens with zero attached hydrogens (tertiary/aromatic N) is 1. The van der Waals surface area contributed by atoms with E-state index in [0.29, 0.717) is 5.69 Å². The third-order valence-electron chi connectivity index (χ3n) is 1.63. The summed E-state index contributed by atoms with van der Waals surface area (Å²) in [6, 6.07) is 1.08. The second-order valence-electron chi connectivity index (χ2n) is 2.57. The lowest BCUT2D eigenvalue weighted by atomic mass is 10.2. The van der Waals surface area contributed by atoms with Crippen molar-refractivity contribution in [3.8, 4) is 0 Å². The minimum atomic E-state index is -0.597. The van der Waals surface area contributed by atoms with Crippen molar-refractivity contribution in [2.45, 2.75) is 13.5 Å². The number of rotatable bonds is 3. The van der Waals surface area contributed by atoms with Crippen molar-refractivity contribution in [3.63, 3.8) is 0 Å². The second-order valence-corrected chi connectivity index (χ2v) is 2.57. The van der Waals surface area contributed by atoms with Crippen LogP contribution in [0.15, 0.2) is 12.3 Å². The van der Waals surface area contributed by atoms with E-state index in [0.717, 1.165) is 12.3 Å². The minimum Gasteiger partial charge on any atom is -0.462 e. The molecule has 0 saturated heterocycles. The van der Waals surface area contributed by atoms with Gasteiger partial charge in [0.15, 0.2) is 0 Å². The van der Waals surface area contributed by atoms with Crippen molar-refractivity contribution < 1.29 is 13.9 Å². The van der Waals surface area contributed by atoms with Gasteiger partial charge in [0.1, 0.15) is 5.82 Å². The van der Waals surface area contributed by atoms with Crippen LogP contribution < -0.4 is 5.73 Å². The summed E-state index contributed by atoms with van der Waals surface area (Å²) in [5.41, 5.74) is 5.77. The highest BCUT2D eigenvalue weighted by Crippen LogP contribution is 2.09. The molecule has 0 atom stereocenters. The Bertz CT molecular complexity index is 342. The zero-order valence-corrected chi connectivity index (χ0v) is 7.79. The standard InChI is InChI=1S/C9H11FN2O2/c1-2-14-9(13)7-3-6(10)5-12-8(7)4-11/h3,5H,2,4,11H2,1H3. The van der Waals surface area contributed by atoms with Crippen LogP contribution in [0.3, 0.4) is 0 Å². The number of halogens is 1. The fourth-order valence-corrected chi connectivity index (χ4v) is 1.02. The fraction of sp³-hybridized carbons (Fsp3) is 0.333. The zero-order valence-electron chi connectivity index (χ0n) is 7.79. The highest BCUT2D eigenvalue weighted by atomic mass is 19.1. The van der Waals surface area contributed by atoms with E-state index in [2.05, 4.69) is 4.98 Å². The Morgan fingerprint density at radius 3 is 3.00 bits per heavy atom. The summed E-state index contributed by atoms with van der Waals surface area (Å²) in [6.07, 6.45) is 1.02. The van der Waals surface area contributed by atoms with Crippen LogP contribution in [0, 0.1) is 5.82 Å². The first-order valence-corrected chi connectivity index (χ1v) is 4.20. The number of hydrogen-bond acceptors (Lipinski definition) is 4. The molecule has 0 aliphatic rings. The lowest BCUT2D eigenvalue weighted by Crippen LogP contribution is -2.12. The van der Waals surface area contributed by atoms with Gasteiger partial charge < -0.3 is 10.5 Å². The minimum absolute atomic E-state index is 0.0778. The van der Waals surface area contributed by atoms with Crippen molar-refractivity contribution in [2.24, 2.45) is 5.73 Å². The van der Waals surface area contributed by atoms with Crippen LogP contribution in [0.1, 0.15) is 23.0 Å². The summed E-state index contributed by atoms with van der Waals surface area (Å²) in [6.45, 7) is 1.99. The summed E-state index contributed by atoms with van der Waals surface area (Å²) >= 11 is 0. The van der Waals surface area contributed by atoms with Gasteiger partial charge in [-0.1, -0.05) is 0 Å². The number of pyridine rings is 1. The van der Waals surface area contributed by atoms with Crippen molar-refractivity contribution >= 4 is 5.97 Å². The van der Waals surface area contributed by atoms with Crippen molar-refractivity contribution in [1.29, 1.82) is 0 Å². The number of carbonyl (C=O) groups is 1. The van der Waals surface area contributed by atoms with E-state index < -0.39 is 11.8 Å². The summed E-state index contributed by atoms with van der Waals surface area (Å²) in [5, 5.41) is 0. The van der Waals surface area contributed by atoms with Gasteiger partial charge in [-0.25, -0.2) is 9.18 Å². The highest BCUT2D eigenvalue weighted by Gasteiger charge is 2.13. The molecular weight excluding hydrogens is 187 g/mol. The Balaban J connectivity index is 3.03. The molecule has 5 heteroatoms. The fourth-order valence-electron chi connectivity index (χ4n) is 1.02. The van der Waals surface area contributed by atoms with Crippen LogP contribution in [-0.4, -0.2) is 17.6 Å². The van der Waals surface area contributed by atoms with Crippen molar-refractivity contribution in [3.05, 3.63) is 29.3 Å². The van der Waals surface area contributed by atoms with Gasteiger partial charge in [0.2, 0.25) is 0 Å². The van der Waals surface area contributed by atoms with Crippen molar-refractivity contribution in [1.82, 2.24) is 4.98 Å². The number of aromatic nitrogens is 1. The summed E-state index contributed by atoms with van der Waals surface area (Å²) in [4.78, 5) is 15.0. The van der Waals surface area contributed by atoms with Crippen LogP contribution >= 0.6 is 0 Å². The molecule has 0 saturated carbocycles. The number of ether oxygens (including phenoxy) is 1. The van der Waals surface area contributed by atoms with E-state index >= 15 is 0 Å². The molecule has 2 N–H and O–H groups in total. The molecule has 76 valence electrons. The van der Waals surface area contributed by atoms with Crippen LogP contribution in [0.25, 0.3) is 0 Å². The number of hydrogen-bond donors (Lipinski definition) is 1. The van der Waals surface area contributed by atoms with E-state index in [4.69, 9.17) is 10.5 Å². The molecular formula is C9H11FN2O2. The average Bonchev–Trinajstić information content (AvgIpc) is 2.18. The normalized spacial score (nSPS) is 9.93. The van der Waals surface area contributed by atoms with Crippen LogP contribution in [-0.2, 0) is 11.3 Å². The molecule has 0 aliphatic carbocycles. The van der Waals surface area contributed by atoms with Gasteiger partial charge in [0.25, 0.3) is 0 Å². The average molecular weight is 198 g/mol. The predicted molar refractivity (Wildman–Crippen MR) is 48.0 cm³/mol. The molecule has 1 rings (SSSR count). The zero-order chi connectivity index (χ0) is 10.6. The van der Waals surface area contributed by atoms with E-state index in [1.807, 2.05) is 0 Å². The monoisotopic (exact) mass is 198 g/mol. The van der Waals surface area contributed by atoms with Gasteiger partial charge in [-0.05, 0) is 13.0 Å². The topological polar surface area (TPSA) is 65.2 Å². The van der Waals surface area contributed by atoms with Crippen molar-refractivity contribution in [2.75, 3.05) is 6.61 Å². The van der Waals surface area contributed by atoms with E-state index in [1.165, 1.54) is 0 Å². The molecule has 0 aliphatic heterocycles. The maximum atomic E-state index is 12.8. The molecule has 0 fully saturated rings. The van der Waals surface area contributed by atoms with Crippen LogP contribution in [0.4, 0.5) is 4.39 Å². The molecule has 0 bridgehead atoms. The van der Waals surface area contributed by atoms with Gasteiger partial charge in [0, 0.05) is 6.54 Å². The molecule has 4 nitrogen and oxygen atoms in total. The van der Waals surface area contributed by atoms with E-state index in [9.17, 15) is 9.18 Å². The van der Waals surface area contributed by atoms with Gasteiger partial charge in [-0.2, -0.15) is 0 Å². The SMILES string of the molecule is CCOC(=O)c1cc(F)cnc1CN. The predicted octanol–water partition coefficient (Wildman–Crippen LogP) is 0.856. The Morgan fingerprint density at radius 1 is 1.71 bits per heavy atom. The van der Waals surface area contributed by atoms with Crippen LogP contribution in [0.2, 0.25) is 0 Å². The molecule has 0 radical (unpaired) electrons. The third-order valence-corrected chi connectivity index (χ3v) is 1.63. The summed E-state index contributed by atoms with van der Waals surface area (Å²) < 4.78 is 17.5. The quantitative estimate of drug-likeness (QED) is 0.731. The van der Waals surface area contributed by atoms with Gasteiger partial charge in [0.05, 0.1) is 24.1 Å². The number of nitrogens with two attached hydrogens (primary N) is 1. The maximum absolute atomic E-state index is 12.8. The van der Waals surface area contributed by atoms with E-state index in [-0.39, 0.29) is 18.7 Å². The molecule has 0 spiro atoms. The summed E-state index contributed by atoms with van der Waals surface area (Å²) in [5.74, 6) is -1.18. The molecule has 0 unspecified atom stereocenters. The smallest absolute Gasteiger partial charge is 0.340 e. The van der Waals surface area contributed by atoms with Gasteiger partial charge in [-0.15, -0.1) is 0 Å². The Labute approximate surface area is 80.9 Å². The largest absolute Gasteiger partial charge is 0.462 e. The lowest BCUT2D eigenvalue weighted by molar-refractivity contribution is 0.0524. The van der Waals surface area contributed by atoms with Gasteiger partial charge in [-0.3, -0.25) is 4.98 Å². The first kappa shape index (κ1) is 10.6. The maximum Gasteiger partial charge on any atom is 0.340 e. The molecule has 0 aromatic carbocycles. The first-order chi connectivity index (χ1) is 6.69. The first-order valence-electron chi connectivity index (χ1n) is 4.20.